The molecule has 1 heterocycles. The number of fused-ring (bicyclic) bond motifs is 1. The second-order valence-electron chi connectivity index (χ2n) is 6.81. The molecule has 0 bridgehead atoms. The first-order chi connectivity index (χ1) is 13.3. The van der Waals surface area contributed by atoms with E-state index >= 15 is 0 Å². The van der Waals surface area contributed by atoms with Crippen LogP contribution in [0.5, 0.6) is 0 Å². The molecular formula is C22H23N3O3. The summed E-state index contributed by atoms with van der Waals surface area (Å²) < 4.78 is 0. The lowest BCUT2D eigenvalue weighted by Crippen LogP contribution is -2.45. The third-order valence-corrected chi connectivity index (χ3v) is 4.96. The quantitative estimate of drug-likeness (QED) is 0.871. The van der Waals surface area contributed by atoms with E-state index < -0.39 is 6.04 Å². The minimum Gasteiger partial charge on any atom is -0.355 e. The first-order valence-electron chi connectivity index (χ1n) is 9.03. The van der Waals surface area contributed by atoms with E-state index in [-0.39, 0.29) is 17.7 Å². The maximum Gasteiger partial charge on any atom is 0.259 e. The van der Waals surface area contributed by atoms with Gasteiger partial charge in [-0.15, -0.1) is 0 Å². The second kappa shape index (κ2) is 7.68. The van der Waals surface area contributed by atoms with Gasteiger partial charge in [0.25, 0.3) is 11.8 Å². The molecule has 0 aromatic heterocycles. The smallest absolute Gasteiger partial charge is 0.259 e. The van der Waals surface area contributed by atoms with E-state index in [4.69, 9.17) is 0 Å². The first-order valence-corrected chi connectivity index (χ1v) is 9.03. The Labute approximate surface area is 164 Å². The zero-order valence-electron chi connectivity index (χ0n) is 16.2. The molecule has 0 spiro atoms. The van der Waals surface area contributed by atoms with Crippen LogP contribution in [0, 0.1) is 0 Å². The van der Waals surface area contributed by atoms with Crippen LogP contribution in [-0.2, 0) is 11.3 Å². The largest absolute Gasteiger partial charge is 0.355 e. The average molecular weight is 377 g/mol. The second-order valence-corrected chi connectivity index (χ2v) is 6.81. The molecule has 0 saturated carbocycles. The normalized spacial score (nSPS) is 13.9. The first kappa shape index (κ1) is 19.4. The molecule has 6 nitrogen and oxygen atoms in total. The number of likely N-dealkylation sites (N-methyl/N-ethyl adjacent to an activating group) is 1. The van der Waals surface area contributed by atoms with Gasteiger partial charge >= 0.3 is 0 Å². The number of rotatable bonds is 5. The van der Waals surface area contributed by atoms with Gasteiger partial charge in [-0.25, -0.2) is 0 Å². The van der Waals surface area contributed by atoms with Gasteiger partial charge in [-0.1, -0.05) is 36.9 Å². The number of amides is 3. The SMILES string of the molecule is C=C1c2ccccc2C(=O)N1[C@@H](C)C(=O)N(C)Cc1ccc(C(=O)NC)cc1. The molecular weight excluding hydrogens is 354 g/mol. The van der Waals surface area contributed by atoms with Crippen LogP contribution < -0.4 is 5.32 Å². The number of carbonyl (C=O) groups is 3. The molecule has 0 aliphatic carbocycles. The summed E-state index contributed by atoms with van der Waals surface area (Å²) in [6, 6.07) is 13.6. The van der Waals surface area contributed by atoms with Gasteiger partial charge in [0.15, 0.2) is 0 Å². The van der Waals surface area contributed by atoms with Crippen molar-refractivity contribution in [1.29, 1.82) is 0 Å². The van der Waals surface area contributed by atoms with Gasteiger partial charge in [0.2, 0.25) is 5.91 Å². The van der Waals surface area contributed by atoms with E-state index in [1.165, 1.54) is 4.90 Å². The van der Waals surface area contributed by atoms with Crippen LogP contribution in [0.2, 0.25) is 0 Å². The predicted molar refractivity (Wildman–Crippen MR) is 107 cm³/mol. The number of benzene rings is 2. The molecule has 1 atom stereocenters. The van der Waals surface area contributed by atoms with Crippen LogP contribution in [0.15, 0.2) is 55.1 Å². The molecule has 0 unspecified atom stereocenters. The highest BCUT2D eigenvalue weighted by atomic mass is 16.2. The van der Waals surface area contributed by atoms with Crippen molar-refractivity contribution in [2.75, 3.05) is 14.1 Å². The highest BCUT2D eigenvalue weighted by Crippen LogP contribution is 2.33. The maximum atomic E-state index is 12.9. The number of nitrogens with zero attached hydrogens (tertiary/aromatic N) is 2. The Morgan fingerprint density at radius 3 is 2.29 bits per heavy atom. The van der Waals surface area contributed by atoms with Crippen LogP contribution >= 0.6 is 0 Å². The van der Waals surface area contributed by atoms with Crippen LogP contribution in [-0.4, -0.2) is 47.7 Å². The van der Waals surface area contributed by atoms with Crippen molar-refractivity contribution in [2.45, 2.75) is 19.5 Å². The summed E-state index contributed by atoms with van der Waals surface area (Å²) in [5.41, 5.74) is 3.33. The van der Waals surface area contributed by atoms with Crippen molar-refractivity contribution in [3.8, 4) is 0 Å². The fourth-order valence-electron chi connectivity index (χ4n) is 3.40. The Kier molecular flexibility index (Phi) is 5.31. The van der Waals surface area contributed by atoms with Gasteiger partial charge in [0.1, 0.15) is 6.04 Å². The minimum atomic E-state index is -0.664. The molecule has 0 radical (unpaired) electrons. The summed E-state index contributed by atoms with van der Waals surface area (Å²) in [6.07, 6.45) is 0. The zero-order chi connectivity index (χ0) is 20.4. The summed E-state index contributed by atoms with van der Waals surface area (Å²) in [5.74, 6) is -0.544. The summed E-state index contributed by atoms with van der Waals surface area (Å²) in [6.45, 7) is 6.09. The summed E-state index contributed by atoms with van der Waals surface area (Å²) in [5, 5.41) is 2.57. The Balaban J connectivity index is 1.71. The molecule has 0 saturated heterocycles. The minimum absolute atomic E-state index is 0.157. The lowest BCUT2D eigenvalue weighted by Gasteiger charge is -2.28. The topological polar surface area (TPSA) is 69.7 Å². The van der Waals surface area contributed by atoms with Gasteiger partial charge in [-0.3, -0.25) is 19.3 Å². The Morgan fingerprint density at radius 2 is 1.71 bits per heavy atom. The molecule has 3 amide bonds. The number of carbonyl (C=O) groups excluding carboxylic acids is 3. The highest BCUT2D eigenvalue weighted by Gasteiger charge is 2.37. The van der Waals surface area contributed by atoms with Gasteiger partial charge < -0.3 is 10.2 Å². The Hall–Kier alpha value is -3.41. The summed E-state index contributed by atoms with van der Waals surface area (Å²) >= 11 is 0. The molecule has 0 fully saturated rings. The van der Waals surface area contributed by atoms with Crippen LogP contribution in [0.25, 0.3) is 5.70 Å². The van der Waals surface area contributed by atoms with E-state index in [0.717, 1.165) is 11.1 Å². The molecule has 144 valence electrons. The summed E-state index contributed by atoms with van der Waals surface area (Å²) in [4.78, 5) is 40.3. The van der Waals surface area contributed by atoms with Crippen LogP contribution in [0.1, 0.15) is 38.8 Å². The molecule has 2 aromatic rings. The fourth-order valence-corrected chi connectivity index (χ4v) is 3.40. The van der Waals surface area contributed by atoms with E-state index in [2.05, 4.69) is 11.9 Å². The van der Waals surface area contributed by atoms with Gasteiger partial charge in [0.05, 0.1) is 0 Å². The molecule has 6 heteroatoms. The van der Waals surface area contributed by atoms with Gasteiger partial charge in [-0.05, 0) is 30.7 Å². The fraction of sp³-hybridized carbons (Fsp3) is 0.227. The standard InChI is InChI=1S/C22H23N3O3/c1-14-18-7-5-6-8-19(18)22(28)25(14)15(2)21(27)24(4)13-16-9-11-17(12-10-16)20(26)23-3/h5-12,15H,1,13H2,2-4H3,(H,23,26)/t15-/m0/s1. The van der Waals surface area contributed by atoms with E-state index in [0.29, 0.717) is 23.4 Å². The van der Waals surface area contributed by atoms with E-state index in [9.17, 15) is 14.4 Å². The van der Waals surface area contributed by atoms with E-state index in [1.54, 1.807) is 50.2 Å². The molecule has 28 heavy (non-hydrogen) atoms. The monoisotopic (exact) mass is 377 g/mol. The predicted octanol–water partition coefficient (Wildman–Crippen LogP) is 2.52. The summed E-state index contributed by atoms with van der Waals surface area (Å²) in [7, 11) is 3.28. The zero-order valence-corrected chi connectivity index (χ0v) is 16.2. The molecule has 1 aliphatic rings. The highest BCUT2D eigenvalue weighted by molar-refractivity contribution is 6.10. The molecule has 1 aliphatic heterocycles. The maximum absolute atomic E-state index is 12.9. The molecule has 2 aromatic carbocycles. The third kappa shape index (κ3) is 3.41. The molecule has 3 rings (SSSR count). The number of hydrogen-bond acceptors (Lipinski definition) is 3. The van der Waals surface area contributed by atoms with Crippen LogP contribution in [0.4, 0.5) is 0 Å². The lowest BCUT2D eigenvalue weighted by molar-refractivity contribution is -0.133. The van der Waals surface area contributed by atoms with Crippen molar-refractivity contribution < 1.29 is 14.4 Å². The van der Waals surface area contributed by atoms with Crippen molar-refractivity contribution in [3.63, 3.8) is 0 Å². The molecule has 1 N–H and O–H groups in total. The lowest BCUT2D eigenvalue weighted by atomic mass is 10.1. The van der Waals surface area contributed by atoms with Crippen molar-refractivity contribution in [3.05, 3.63) is 77.4 Å². The van der Waals surface area contributed by atoms with Gasteiger partial charge in [0, 0.05) is 43.0 Å². The Bertz CT molecular complexity index is 915. The number of nitrogens with one attached hydrogen (secondary N) is 1. The van der Waals surface area contributed by atoms with Crippen LogP contribution in [0.3, 0.4) is 0 Å². The average Bonchev–Trinajstić information content (AvgIpc) is 2.97. The van der Waals surface area contributed by atoms with Crippen molar-refractivity contribution >= 4 is 23.4 Å². The van der Waals surface area contributed by atoms with E-state index in [1.807, 2.05) is 24.3 Å². The van der Waals surface area contributed by atoms with Crippen molar-refractivity contribution in [2.24, 2.45) is 0 Å². The van der Waals surface area contributed by atoms with Gasteiger partial charge in [-0.2, -0.15) is 0 Å². The Morgan fingerprint density at radius 1 is 1.11 bits per heavy atom. The number of hydrogen-bond donors (Lipinski definition) is 1. The third-order valence-electron chi connectivity index (χ3n) is 4.96. The van der Waals surface area contributed by atoms with Crippen molar-refractivity contribution in [1.82, 2.24) is 15.1 Å².